The Bertz CT molecular complexity index is 2330. The zero-order chi connectivity index (χ0) is 85.3. The first-order chi connectivity index (χ1) is 53.2. The average Bonchev–Trinajstić information content (AvgIpc) is 0.730. The SMILES string of the molecule is CC(=O)OCC12CC3CC(CC(O)(C3)C1)C2.CC(=O)OCCCCCCO.CC(=O)OCCCCO.CC(=O)OCCCO.CC(=O)OCCO.CC(=O)OCO.CCCCCOCCCCOC(C)=O.CCCCCOCCOC(C)=O.CCCCCOCOC(C)=O.CCOC12CC3CC(CC(COC(C)=O)(C3)C1)C2. The standard InChI is InChI=1S/C15H24O3.C13H20O3.C11H22O3.C9H18O3.2C8H16O3.C6H12O3.C5H10O3.C4H8O3.C3H6O3/c1-3-18-15-7-12-4-13(8-15)6-14(5-12,9-15)10-17-11(2)16;1-9(14)16-8-12-3-10-2-11(4-12)6-13(15,5-10)7-12;1-3-4-5-8-13-9-6-7-10-14-11(2)12;1-3-4-5-6-11-7-8-12-9(2)10;1-8(10)11-7-5-3-2-4-6-9;1-3-4-5-6-10-7-11-8(2)9;1-6(8)9-5-3-2-4-7;1-5(7)8-4-2-3-6;1-4(6)7-3-2-5;1-3(5)6-2-4/h12-13H,3-10H2,1-2H3;10-11,15H,2-8H2,1H3;3-10H2,1-2H3;3-8H2,1-2H3;9H,2-7H2,1H3;3-7H2,1-2H3;7H,2-5H2,1H3;6H,2-4H2,1H3;5H,2-3H2,1H3;4H,2H2,1H3. The molecule has 8 rings (SSSR count). The molecule has 0 saturated heterocycles. The number of carbonyl (C=O) groups excluding carboxylic acids is 10. The molecule has 4 atom stereocenters. The molecule has 0 amide bonds. The zero-order valence-corrected chi connectivity index (χ0v) is 71.1. The van der Waals surface area contributed by atoms with Gasteiger partial charge in [0.25, 0.3) is 0 Å². The van der Waals surface area contributed by atoms with E-state index in [0.717, 1.165) is 141 Å². The quantitative estimate of drug-likeness (QED) is 0.0143. The number of aliphatic hydroxyl groups is 6. The first-order valence-corrected chi connectivity index (χ1v) is 40.7. The van der Waals surface area contributed by atoms with Crippen LogP contribution in [0.25, 0.3) is 0 Å². The molecule has 8 bridgehead atoms. The summed E-state index contributed by atoms with van der Waals surface area (Å²) >= 11 is 0. The lowest BCUT2D eigenvalue weighted by molar-refractivity contribution is -0.204. The Morgan fingerprint density at radius 1 is 0.295 bits per heavy atom. The Balaban J connectivity index is -0.000000589. The van der Waals surface area contributed by atoms with E-state index in [2.05, 4.69) is 56.1 Å². The van der Waals surface area contributed by atoms with Crippen LogP contribution in [0.3, 0.4) is 0 Å². The van der Waals surface area contributed by atoms with Crippen molar-refractivity contribution >= 4 is 59.7 Å². The number of ether oxygens (including phenoxy) is 14. The van der Waals surface area contributed by atoms with Crippen molar-refractivity contribution in [1.29, 1.82) is 0 Å². The molecule has 0 spiro atoms. The fraction of sp³-hybridized carbons (Fsp3) is 0.878. The average molecular weight is 1620 g/mol. The van der Waals surface area contributed by atoms with Gasteiger partial charge in [0, 0.05) is 133 Å². The van der Waals surface area contributed by atoms with Gasteiger partial charge in [-0.1, -0.05) is 65.7 Å². The summed E-state index contributed by atoms with van der Waals surface area (Å²) in [7, 11) is 0. The molecule has 0 aliphatic heterocycles. The van der Waals surface area contributed by atoms with Gasteiger partial charge in [-0.15, -0.1) is 0 Å². The van der Waals surface area contributed by atoms with Crippen molar-refractivity contribution in [3.63, 3.8) is 0 Å². The van der Waals surface area contributed by atoms with E-state index < -0.39 is 18.4 Å². The Labute approximate surface area is 669 Å². The van der Waals surface area contributed by atoms with Crippen LogP contribution in [0.15, 0.2) is 0 Å². The van der Waals surface area contributed by atoms with Gasteiger partial charge in [-0.3, -0.25) is 47.9 Å². The summed E-state index contributed by atoms with van der Waals surface area (Å²) in [6, 6.07) is 0. The summed E-state index contributed by atoms with van der Waals surface area (Å²) in [6.45, 7) is 30.2. The second-order valence-corrected chi connectivity index (χ2v) is 29.2. The second kappa shape index (κ2) is 74.1. The van der Waals surface area contributed by atoms with E-state index in [1.54, 1.807) is 0 Å². The van der Waals surface area contributed by atoms with Crippen LogP contribution in [-0.4, -0.2) is 234 Å². The van der Waals surface area contributed by atoms with Crippen molar-refractivity contribution in [2.45, 2.75) is 301 Å². The highest BCUT2D eigenvalue weighted by Gasteiger charge is 2.59. The van der Waals surface area contributed by atoms with Crippen molar-refractivity contribution < 1.29 is 145 Å². The molecule has 0 aromatic rings. The third-order valence-electron chi connectivity index (χ3n) is 17.9. The predicted octanol–water partition coefficient (Wildman–Crippen LogP) is 11.2. The largest absolute Gasteiger partial charge is 0.466 e. The molecule has 8 fully saturated rings. The van der Waals surface area contributed by atoms with Crippen molar-refractivity contribution in [1.82, 2.24) is 0 Å². The monoisotopic (exact) mass is 1620 g/mol. The van der Waals surface area contributed by atoms with E-state index in [4.69, 9.17) is 63.4 Å². The van der Waals surface area contributed by atoms with Crippen LogP contribution in [0.5, 0.6) is 0 Å². The Kier molecular flexibility index (Phi) is 74.6. The lowest BCUT2D eigenvalue weighted by atomic mass is 9.48. The molecule has 30 nitrogen and oxygen atoms in total. The Morgan fingerprint density at radius 2 is 0.607 bits per heavy atom. The number of rotatable bonds is 44. The van der Waals surface area contributed by atoms with Crippen LogP contribution in [0.2, 0.25) is 0 Å². The normalized spacial score (nSPS) is 20.8. The molecule has 112 heavy (non-hydrogen) atoms. The maximum absolute atomic E-state index is 11.1. The number of carbonyl (C=O) groups is 10. The summed E-state index contributed by atoms with van der Waals surface area (Å²) in [5.41, 5.74) is -0.00135. The first-order valence-electron chi connectivity index (χ1n) is 40.7. The van der Waals surface area contributed by atoms with Crippen molar-refractivity contribution in [3.8, 4) is 0 Å². The van der Waals surface area contributed by atoms with Gasteiger partial charge in [0.2, 0.25) is 0 Å². The Morgan fingerprint density at radius 3 is 0.955 bits per heavy atom. The third-order valence-corrected chi connectivity index (χ3v) is 17.9. The molecular weight excluding hydrogens is 1460 g/mol. The predicted molar refractivity (Wildman–Crippen MR) is 418 cm³/mol. The molecule has 0 heterocycles. The van der Waals surface area contributed by atoms with Crippen LogP contribution in [0.1, 0.15) is 290 Å². The molecule has 0 aromatic heterocycles. The van der Waals surface area contributed by atoms with E-state index in [1.165, 1.54) is 146 Å². The number of unbranched alkanes of at least 4 members (excludes halogenated alkanes) is 11. The number of esters is 10. The fourth-order valence-corrected chi connectivity index (χ4v) is 14.4. The van der Waals surface area contributed by atoms with Crippen LogP contribution in [-0.2, 0) is 114 Å². The summed E-state index contributed by atoms with van der Waals surface area (Å²) in [5.74, 6) is 0.288. The van der Waals surface area contributed by atoms with E-state index in [-0.39, 0.29) is 110 Å². The molecule has 0 aromatic carbocycles. The highest BCUT2D eigenvalue weighted by molar-refractivity contribution is 5.68. The summed E-state index contributed by atoms with van der Waals surface area (Å²) in [6.07, 6.45) is 32.0. The Hall–Kier alpha value is -5.70. The molecular formula is C82H152O30. The summed E-state index contributed by atoms with van der Waals surface area (Å²) in [5, 5.41) is 51.2. The van der Waals surface area contributed by atoms with Crippen LogP contribution < -0.4 is 0 Å². The highest BCUT2D eigenvalue weighted by Crippen LogP contribution is 2.63. The van der Waals surface area contributed by atoms with Gasteiger partial charge in [-0.2, -0.15) is 0 Å². The maximum atomic E-state index is 11.1. The van der Waals surface area contributed by atoms with Crippen molar-refractivity contribution in [2.24, 2.45) is 34.5 Å². The molecule has 8 saturated carbocycles. The highest BCUT2D eigenvalue weighted by atomic mass is 16.7. The molecule has 0 radical (unpaired) electrons. The summed E-state index contributed by atoms with van der Waals surface area (Å²) < 4.78 is 68.4. The van der Waals surface area contributed by atoms with Gasteiger partial charge >= 0.3 is 59.7 Å². The molecule has 8 aliphatic rings. The number of aliphatic hydroxyl groups excluding tert-OH is 5. The molecule has 30 heteroatoms. The summed E-state index contributed by atoms with van der Waals surface area (Å²) in [4.78, 5) is 103. The molecule has 8 aliphatic carbocycles. The minimum Gasteiger partial charge on any atom is -0.466 e. The smallest absolute Gasteiger partial charge is 0.304 e. The maximum Gasteiger partial charge on any atom is 0.304 e. The molecule has 6 N–H and O–H groups in total. The lowest BCUT2D eigenvalue weighted by Gasteiger charge is -2.61. The van der Waals surface area contributed by atoms with Gasteiger partial charge in [0.05, 0.1) is 70.7 Å². The molecule has 4 unspecified atom stereocenters. The van der Waals surface area contributed by atoms with E-state index in [1.807, 2.05) is 0 Å². The van der Waals surface area contributed by atoms with Gasteiger partial charge in [0.1, 0.15) is 13.2 Å². The van der Waals surface area contributed by atoms with Crippen molar-refractivity contribution in [3.05, 3.63) is 0 Å². The van der Waals surface area contributed by atoms with Gasteiger partial charge < -0.3 is 97.0 Å². The fourth-order valence-electron chi connectivity index (χ4n) is 14.4. The van der Waals surface area contributed by atoms with E-state index in [9.17, 15) is 53.1 Å². The zero-order valence-electron chi connectivity index (χ0n) is 71.1. The first kappa shape index (κ1) is 113. The van der Waals surface area contributed by atoms with Gasteiger partial charge in [-0.25, -0.2) is 0 Å². The second-order valence-electron chi connectivity index (χ2n) is 29.2. The van der Waals surface area contributed by atoms with Crippen LogP contribution >= 0.6 is 0 Å². The van der Waals surface area contributed by atoms with Gasteiger partial charge in [-0.05, 0) is 172 Å². The van der Waals surface area contributed by atoms with E-state index >= 15 is 0 Å². The minimum absolute atomic E-state index is 0.0767. The lowest BCUT2D eigenvalue weighted by Crippen LogP contribution is -2.58. The minimum atomic E-state index is -0.519. The van der Waals surface area contributed by atoms with Crippen LogP contribution in [0, 0.1) is 34.5 Å². The van der Waals surface area contributed by atoms with E-state index in [0.29, 0.717) is 84.1 Å². The van der Waals surface area contributed by atoms with Crippen LogP contribution in [0.4, 0.5) is 0 Å². The van der Waals surface area contributed by atoms with Gasteiger partial charge in [0.15, 0.2) is 13.6 Å². The number of hydrogen-bond donors (Lipinski definition) is 6. The van der Waals surface area contributed by atoms with Crippen molar-refractivity contribution in [2.75, 3.05) is 133 Å². The molecule has 660 valence electrons. The topological polar surface area (TPSA) is 421 Å². The number of hydrogen-bond acceptors (Lipinski definition) is 30. The third kappa shape index (κ3) is 72.0.